The molecule has 126 valence electrons. The lowest BCUT2D eigenvalue weighted by atomic mass is 10.1. The Morgan fingerprint density at radius 3 is 2.84 bits per heavy atom. The Kier molecular flexibility index (Phi) is 4.50. The summed E-state index contributed by atoms with van der Waals surface area (Å²) in [6, 6.07) is 12.6. The lowest BCUT2D eigenvalue weighted by Gasteiger charge is -2.18. The molecule has 3 nitrogen and oxygen atoms in total. The van der Waals surface area contributed by atoms with Gasteiger partial charge in [0.05, 0.1) is 10.6 Å². The first-order chi connectivity index (χ1) is 12.1. The van der Waals surface area contributed by atoms with Crippen LogP contribution in [0.3, 0.4) is 0 Å². The second-order valence-electron chi connectivity index (χ2n) is 5.49. The van der Waals surface area contributed by atoms with Crippen molar-refractivity contribution in [2.24, 2.45) is 0 Å². The zero-order chi connectivity index (χ0) is 17.4. The van der Waals surface area contributed by atoms with Gasteiger partial charge in [0, 0.05) is 26.6 Å². The van der Waals surface area contributed by atoms with Crippen molar-refractivity contribution in [3.8, 4) is 5.75 Å². The molecule has 0 saturated heterocycles. The van der Waals surface area contributed by atoms with E-state index in [1.165, 1.54) is 0 Å². The van der Waals surface area contributed by atoms with Gasteiger partial charge in [-0.1, -0.05) is 47.5 Å². The maximum atomic E-state index is 12.5. The van der Waals surface area contributed by atoms with Crippen molar-refractivity contribution in [1.29, 1.82) is 0 Å². The summed E-state index contributed by atoms with van der Waals surface area (Å²) in [6.07, 6.45) is 1.99. The van der Waals surface area contributed by atoms with Crippen LogP contribution in [-0.2, 0) is 0 Å². The standard InChI is InChI=1S/C19H12Cl2O3S/c20-12-5-6-16(14(21)9-12)23-10-11-7-8-25-18-13-3-1-2-4-15(13)24-19(22)17(11)18/h1-7,9H,8,10H2. The molecular weight excluding hydrogens is 379 g/mol. The fourth-order valence-electron chi connectivity index (χ4n) is 2.75. The molecule has 2 aromatic carbocycles. The van der Waals surface area contributed by atoms with E-state index >= 15 is 0 Å². The van der Waals surface area contributed by atoms with Crippen molar-refractivity contribution >= 4 is 51.5 Å². The third-order valence-corrected chi connectivity index (χ3v) is 5.50. The Balaban J connectivity index is 1.70. The molecule has 0 N–H and O–H groups in total. The lowest BCUT2D eigenvalue weighted by Crippen LogP contribution is -2.15. The number of hydrogen-bond donors (Lipinski definition) is 0. The number of benzene rings is 2. The van der Waals surface area contributed by atoms with Gasteiger partial charge in [-0.3, -0.25) is 0 Å². The van der Waals surface area contributed by atoms with Crippen molar-refractivity contribution in [2.75, 3.05) is 12.4 Å². The SMILES string of the molecule is O=c1oc2ccccc2c2c1C(COc1ccc(Cl)cc1Cl)=CCS2. The molecule has 1 aromatic heterocycles. The van der Waals surface area contributed by atoms with Crippen LogP contribution < -0.4 is 10.4 Å². The minimum Gasteiger partial charge on any atom is -0.487 e. The molecule has 1 aliphatic rings. The van der Waals surface area contributed by atoms with Crippen molar-refractivity contribution in [3.05, 3.63) is 74.6 Å². The third-order valence-electron chi connectivity index (χ3n) is 3.92. The second-order valence-corrected chi connectivity index (χ2v) is 7.37. The molecule has 0 atom stereocenters. The van der Waals surface area contributed by atoms with E-state index in [-0.39, 0.29) is 12.2 Å². The molecule has 0 aliphatic carbocycles. The minimum absolute atomic E-state index is 0.234. The highest BCUT2D eigenvalue weighted by Crippen LogP contribution is 2.37. The van der Waals surface area contributed by atoms with Crippen molar-refractivity contribution in [3.63, 3.8) is 0 Å². The van der Waals surface area contributed by atoms with Crippen LogP contribution in [0.15, 0.2) is 62.6 Å². The Morgan fingerprint density at radius 2 is 2.00 bits per heavy atom. The quantitative estimate of drug-likeness (QED) is 0.540. The topological polar surface area (TPSA) is 39.4 Å². The van der Waals surface area contributed by atoms with E-state index in [1.807, 2.05) is 24.3 Å². The van der Waals surface area contributed by atoms with E-state index in [2.05, 4.69) is 0 Å². The summed E-state index contributed by atoms with van der Waals surface area (Å²) in [6.45, 7) is 0.234. The van der Waals surface area contributed by atoms with Crippen LogP contribution in [0.5, 0.6) is 5.75 Å². The Bertz CT molecular complexity index is 1060. The number of halogens is 2. The first-order valence-electron chi connectivity index (χ1n) is 7.59. The van der Waals surface area contributed by atoms with Gasteiger partial charge in [-0.25, -0.2) is 4.79 Å². The molecule has 25 heavy (non-hydrogen) atoms. The average Bonchev–Trinajstić information content (AvgIpc) is 2.61. The molecule has 0 saturated carbocycles. The van der Waals surface area contributed by atoms with Gasteiger partial charge in [-0.05, 0) is 24.3 Å². The number of hydrogen-bond acceptors (Lipinski definition) is 4. The van der Waals surface area contributed by atoms with E-state index in [4.69, 9.17) is 32.4 Å². The zero-order valence-corrected chi connectivity index (χ0v) is 15.3. The van der Waals surface area contributed by atoms with E-state index in [1.54, 1.807) is 36.0 Å². The predicted octanol–water partition coefficient (Wildman–Crippen LogP) is 5.67. The van der Waals surface area contributed by atoms with Crippen LogP contribution in [-0.4, -0.2) is 12.4 Å². The van der Waals surface area contributed by atoms with Crippen LogP contribution in [0, 0.1) is 0 Å². The van der Waals surface area contributed by atoms with E-state index < -0.39 is 0 Å². The smallest absolute Gasteiger partial charge is 0.345 e. The van der Waals surface area contributed by atoms with Gasteiger partial charge in [0.1, 0.15) is 17.9 Å². The summed E-state index contributed by atoms with van der Waals surface area (Å²) in [5.74, 6) is 1.30. The van der Waals surface area contributed by atoms with Crippen LogP contribution in [0.25, 0.3) is 16.5 Å². The fourth-order valence-corrected chi connectivity index (χ4v) is 4.35. The van der Waals surface area contributed by atoms with Crippen LogP contribution in [0.4, 0.5) is 0 Å². The Morgan fingerprint density at radius 1 is 1.16 bits per heavy atom. The summed E-state index contributed by atoms with van der Waals surface area (Å²) >= 11 is 13.7. The van der Waals surface area contributed by atoms with E-state index in [0.717, 1.165) is 21.6 Å². The average molecular weight is 391 g/mol. The molecule has 2 heterocycles. The van der Waals surface area contributed by atoms with Gasteiger partial charge in [0.15, 0.2) is 0 Å². The first-order valence-corrected chi connectivity index (χ1v) is 9.33. The fraction of sp³-hybridized carbons (Fsp3) is 0.105. The highest BCUT2D eigenvalue weighted by atomic mass is 35.5. The van der Waals surface area contributed by atoms with Gasteiger partial charge in [0.2, 0.25) is 0 Å². The summed E-state index contributed by atoms with van der Waals surface area (Å²) in [5, 5.41) is 1.92. The summed E-state index contributed by atoms with van der Waals surface area (Å²) in [4.78, 5) is 13.4. The molecule has 3 aromatic rings. The number of thioether (sulfide) groups is 1. The minimum atomic E-state index is -0.349. The highest BCUT2D eigenvalue weighted by Gasteiger charge is 2.22. The Labute approximate surface area is 158 Å². The van der Waals surface area contributed by atoms with Crippen molar-refractivity contribution in [2.45, 2.75) is 4.90 Å². The van der Waals surface area contributed by atoms with Gasteiger partial charge < -0.3 is 9.15 Å². The summed E-state index contributed by atoms with van der Waals surface area (Å²) in [7, 11) is 0. The molecule has 0 radical (unpaired) electrons. The first kappa shape index (κ1) is 16.6. The highest BCUT2D eigenvalue weighted by molar-refractivity contribution is 7.99. The van der Waals surface area contributed by atoms with Crippen LogP contribution in [0.2, 0.25) is 10.0 Å². The molecule has 6 heteroatoms. The number of ether oxygens (including phenoxy) is 1. The van der Waals surface area contributed by atoms with E-state index in [9.17, 15) is 4.79 Å². The van der Waals surface area contributed by atoms with Crippen LogP contribution >= 0.6 is 35.0 Å². The largest absolute Gasteiger partial charge is 0.487 e. The maximum Gasteiger partial charge on any atom is 0.345 e. The molecular formula is C19H12Cl2O3S. The molecule has 0 fully saturated rings. The zero-order valence-electron chi connectivity index (χ0n) is 12.9. The van der Waals surface area contributed by atoms with Crippen LogP contribution in [0.1, 0.15) is 5.56 Å². The summed E-state index contributed by atoms with van der Waals surface area (Å²) < 4.78 is 11.3. The Hall–Kier alpha value is -1.88. The van der Waals surface area contributed by atoms with Crippen molar-refractivity contribution < 1.29 is 9.15 Å². The van der Waals surface area contributed by atoms with Gasteiger partial charge in [-0.2, -0.15) is 0 Å². The normalized spacial score (nSPS) is 13.4. The third kappa shape index (κ3) is 3.17. The van der Waals surface area contributed by atoms with Gasteiger partial charge in [-0.15, -0.1) is 11.8 Å². The molecule has 0 unspecified atom stereocenters. The predicted molar refractivity (Wildman–Crippen MR) is 103 cm³/mol. The molecule has 4 rings (SSSR count). The second kappa shape index (κ2) is 6.79. The lowest BCUT2D eigenvalue weighted by molar-refractivity contribution is 0.369. The van der Waals surface area contributed by atoms with E-state index in [0.29, 0.717) is 26.9 Å². The molecule has 0 amide bonds. The van der Waals surface area contributed by atoms with Gasteiger partial charge >= 0.3 is 5.63 Å². The molecule has 0 spiro atoms. The maximum absolute atomic E-state index is 12.5. The van der Waals surface area contributed by atoms with Gasteiger partial charge in [0.25, 0.3) is 0 Å². The summed E-state index contributed by atoms with van der Waals surface area (Å²) in [5.41, 5.74) is 1.62. The monoisotopic (exact) mass is 390 g/mol. The van der Waals surface area contributed by atoms with Crippen molar-refractivity contribution in [1.82, 2.24) is 0 Å². The number of fused-ring (bicyclic) bond motifs is 3. The molecule has 0 bridgehead atoms. The number of rotatable bonds is 3. The molecule has 1 aliphatic heterocycles. The number of para-hydroxylation sites is 1.